The summed E-state index contributed by atoms with van der Waals surface area (Å²) in [5.74, 6) is 0. The summed E-state index contributed by atoms with van der Waals surface area (Å²) in [6.45, 7) is 6.51. The molecule has 0 fully saturated rings. The first-order valence-electron chi connectivity index (χ1n) is 1.29. The minimum atomic E-state index is 0. The highest BCUT2D eigenvalue weighted by Crippen LogP contribution is 1.65. The van der Waals surface area contributed by atoms with E-state index in [1.54, 1.807) is 0 Å². The number of ether oxygens (including phenoxy) is 1. The van der Waals surface area contributed by atoms with Crippen LogP contribution in [-0.2, 0) is 4.74 Å². The van der Waals surface area contributed by atoms with Crippen molar-refractivity contribution >= 4 is 24.0 Å². The predicted molar refractivity (Wildman–Crippen MR) is 36.9 cm³/mol. The van der Waals surface area contributed by atoms with Crippen molar-refractivity contribution < 1.29 is 4.74 Å². The van der Waals surface area contributed by atoms with Crippen LogP contribution < -0.4 is 0 Å². The van der Waals surface area contributed by atoms with Crippen molar-refractivity contribution in [1.29, 1.82) is 0 Å². The van der Waals surface area contributed by atoms with Gasteiger partial charge in [-0.1, -0.05) is 13.2 Å². The summed E-state index contributed by atoms with van der Waals surface area (Å²) in [6.07, 6.45) is 2.62. The highest BCUT2D eigenvalue weighted by molar-refractivity contribution is 14.0. The van der Waals surface area contributed by atoms with Gasteiger partial charge in [-0.15, -0.1) is 24.0 Å². The molecule has 0 aliphatic heterocycles. The van der Waals surface area contributed by atoms with Crippen LogP contribution in [0.25, 0.3) is 0 Å². The fourth-order valence-corrected chi connectivity index (χ4v) is 0.0680. The van der Waals surface area contributed by atoms with Gasteiger partial charge < -0.3 is 4.74 Å². The predicted octanol–water partition coefficient (Wildman–Crippen LogP) is 1.91. The van der Waals surface area contributed by atoms with E-state index in [1.807, 2.05) is 0 Å². The number of hydrogen-bond donors (Lipinski definition) is 0. The lowest BCUT2D eigenvalue weighted by molar-refractivity contribution is 0.406. The van der Waals surface area contributed by atoms with E-state index in [0.717, 1.165) is 0 Å². The zero-order valence-electron chi connectivity index (χ0n) is 3.39. The minimum absolute atomic E-state index is 0. The number of hydrogen-bond acceptors (Lipinski definition) is 1. The molecule has 36 valence electrons. The lowest BCUT2D eigenvalue weighted by atomic mass is 11.1. The zero-order valence-corrected chi connectivity index (χ0v) is 5.72. The Labute approximate surface area is 54.7 Å². The summed E-state index contributed by atoms with van der Waals surface area (Å²) >= 11 is 0. The van der Waals surface area contributed by atoms with Crippen LogP contribution in [0.15, 0.2) is 25.7 Å². The fourth-order valence-electron chi connectivity index (χ4n) is 0.0680. The van der Waals surface area contributed by atoms with Gasteiger partial charge in [0, 0.05) is 0 Å². The van der Waals surface area contributed by atoms with Crippen molar-refractivity contribution in [3.63, 3.8) is 0 Å². The molecule has 0 radical (unpaired) electrons. The van der Waals surface area contributed by atoms with E-state index in [2.05, 4.69) is 17.9 Å². The summed E-state index contributed by atoms with van der Waals surface area (Å²) in [6, 6.07) is 0. The van der Waals surface area contributed by atoms with Gasteiger partial charge in [-0.3, -0.25) is 0 Å². The van der Waals surface area contributed by atoms with E-state index in [0.29, 0.717) is 0 Å². The highest BCUT2D eigenvalue weighted by Gasteiger charge is 1.45. The third kappa shape index (κ3) is 8.99. The third-order valence-electron chi connectivity index (χ3n) is 0.192. The molecule has 0 amide bonds. The largest absolute Gasteiger partial charge is 0.474 e. The Morgan fingerprint density at radius 3 is 1.50 bits per heavy atom. The Bertz CT molecular complexity index is 36.8. The van der Waals surface area contributed by atoms with Crippen LogP contribution in [0.3, 0.4) is 0 Å². The van der Waals surface area contributed by atoms with E-state index in [-0.39, 0.29) is 24.0 Å². The van der Waals surface area contributed by atoms with E-state index in [1.165, 1.54) is 12.5 Å². The normalized spacial score (nSPS) is 4.67. The second-order valence-corrected chi connectivity index (χ2v) is 0.469. The van der Waals surface area contributed by atoms with Crippen LogP contribution in [0.2, 0.25) is 0 Å². The van der Waals surface area contributed by atoms with Gasteiger partial charge in [0.1, 0.15) is 0 Å². The highest BCUT2D eigenvalue weighted by atomic mass is 127. The monoisotopic (exact) mass is 198 g/mol. The van der Waals surface area contributed by atoms with E-state index < -0.39 is 0 Å². The molecule has 0 heterocycles. The lowest BCUT2D eigenvalue weighted by Crippen LogP contribution is -1.52. The van der Waals surface area contributed by atoms with Gasteiger partial charge in [0.15, 0.2) is 0 Å². The molecule has 0 aliphatic rings. The van der Waals surface area contributed by atoms with Crippen LogP contribution in [0.5, 0.6) is 0 Å². The maximum Gasteiger partial charge on any atom is 0.0829 e. The molecule has 0 aliphatic carbocycles. The molecule has 0 aromatic carbocycles. The first kappa shape index (κ1) is 9.38. The van der Waals surface area contributed by atoms with Gasteiger partial charge >= 0.3 is 0 Å². The number of halogens is 1. The Balaban J connectivity index is 0. The summed E-state index contributed by atoms with van der Waals surface area (Å²) in [5, 5.41) is 0. The number of rotatable bonds is 2. The lowest BCUT2D eigenvalue weighted by Gasteiger charge is -1.76. The zero-order chi connectivity index (χ0) is 4.12. The van der Waals surface area contributed by atoms with Gasteiger partial charge in [-0.05, 0) is 0 Å². The molecule has 1 nitrogen and oxygen atoms in total. The van der Waals surface area contributed by atoms with E-state index in [9.17, 15) is 0 Å². The van der Waals surface area contributed by atoms with Gasteiger partial charge in [0.25, 0.3) is 0 Å². The minimum Gasteiger partial charge on any atom is -0.474 e. The Morgan fingerprint density at radius 1 is 1.17 bits per heavy atom. The first-order valence-corrected chi connectivity index (χ1v) is 1.29. The molecule has 0 bridgehead atoms. The Kier molecular flexibility index (Phi) is 13.9. The van der Waals surface area contributed by atoms with Crippen LogP contribution in [0.1, 0.15) is 0 Å². The van der Waals surface area contributed by atoms with Crippen LogP contribution in [0, 0.1) is 0 Å². The smallest absolute Gasteiger partial charge is 0.0829 e. The van der Waals surface area contributed by atoms with Gasteiger partial charge in [-0.2, -0.15) is 0 Å². The van der Waals surface area contributed by atoms with Gasteiger partial charge in [0.2, 0.25) is 0 Å². The SMILES string of the molecule is C=COC=C.I. The van der Waals surface area contributed by atoms with Crippen molar-refractivity contribution in [3.8, 4) is 0 Å². The average Bonchev–Trinajstić information content (AvgIpc) is 1.41. The Morgan fingerprint density at radius 2 is 1.50 bits per heavy atom. The van der Waals surface area contributed by atoms with Crippen molar-refractivity contribution in [2.45, 2.75) is 0 Å². The Hall–Kier alpha value is 0.01000. The summed E-state index contributed by atoms with van der Waals surface area (Å²) in [4.78, 5) is 0. The first-order chi connectivity index (χ1) is 2.41. The fraction of sp³-hybridized carbons (Fsp3) is 0. The van der Waals surface area contributed by atoms with Crippen LogP contribution in [-0.4, -0.2) is 0 Å². The molecule has 0 N–H and O–H groups in total. The van der Waals surface area contributed by atoms with Crippen molar-refractivity contribution in [2.75, 3.05) is 0 Å². The summed E-state index contributed by atoms with van der Waals surface area (Å²) in [7, 11) is 0. The van der Waals surface area contributed by atoms with Crippen LogP contribution >= 0.6 is 24.0 Å². The second kappa shape index (κ2) is 8.89. The topological polar surface area (TPSA) is 9.23 Å². The molecule has 0 rings (SSSR count). The molecule has 0 saturated heterocycles. The van der Waals surface area contributed by atoms with E-state index >= 15 is 0 Å². The quantitative estimate of drug-likeness (QED) is 0.486. The van der Waals surface area contributed by atoms with Crippen LogP contribution in [0.4, 0.5) is 0 Å². The molecule has 0 saturated carbocycles. The van der Waals surface area contributed by atoms with Crippen molar-refractivity contribution in [1.82, 2.24) is 0 Å². The molecule has 0 aromatic heterocycles. The van der Waals surface area contributed by atoms with Crippen molar-refractivity contribution in [2.24, 2.45) is 0 Å². The van der Waals surface area contributed by atoms with Gasteiger partial charge in [-0.25, -0.2) is 0 Å². The molecule has 2 heteroatoms. The molecule has 0 spiro atoms. The van der Waals surface area contributed by atoms with Crippen molar-refractivity contribution in [3.05, 3.63) is 25.7 Å². The standard InChI is InChI=1S/C4H6O.HI/c1-3-5-4-2;/h3-4H,1-2H2;1H. The molecular weight excluding hydrogens is 191 g/mol. The maximum absolute atomic E-state index is 4.36. The third-order valence-corrected chi connectivity index (χ3v) is 0.192. The molecular formula is C4H7IO. The summed E-state index contributed by atoms with van der Waals surface area (Å²) in [5.41, 5.74) is 0. The molecule has 0 unspecified atom stereocenters. The molecule has 6 heavy (non-hydrogen) atoms. The average molecular weight is 198 g/mol. The van der Waals surface area contributed by atoms with E-state index in [4.69, 9.17) is 0 Å². The molecule has 0 atom stereocenters. The summed E-state index contributed by atoms with van der Waals surface area (Å²) < 4.78 is 4.36. The van der Waals surface area contributed by atoms with Gasteiger partial charge in [0.05, 0.1) is 12.5 Å². The molecule has 0 aromatic rings. The second-order valence-electron chi connectivity index (χ2n) is 0.469. The maximum atomic E-state index is 4.36.